The van der Waals surface area contributed by atoms with Gasteiger partial charge in [0.05, 0.1) is 0 Å². The standard InChI is InChI=1S/C10H20N4O2S/c1-4-6-7-8(5-2)9-12-13-10(14(9)3)17(11,15)16/h8H,4-7H2,1-3H3,(H2,11,15,16). The van der Waals surface area contributed by atoms with Crippen molar-refractivity contribution in [3.05, 3.63) is 5.82 Å². The monoisotopic (exact) mass is 260 g/mol. The fourth-order valence-corrected chi connectivity index (χ4v) is 2.53. The molecule has 0 bridgehead atoms. The summed E-state index contributed by atoms with van der Waals surface area (Å²) < 4.78 is 24.0. The maximum atomic E-state index is 11.2. The Morgan fingerprint density at radius 3 is 2.41 bits per heavy atom. The highest BCUT2D eigenvalue weighted by molar-refractivity contribution is 7.89. The number of sulfonamides is 1. The van der Waals surface area contributed by atoms with E-state index in [-0.39, 0.29) is 11.1 Å². The number of nitrogens with zero attached hydrogens (tertiary/aromatic N) is 3. The van der Waals surface area contributed by atoms with Crippen molar-refractivity contribution >= 4 is 10.0 Å². The number of unbranched alkanes of at least 4 members (excludes halogenated alkanes) is 1. The summed E-state index contributed by atoms with van der Waals surface area (Å²) >= 11 is 0. The molecule has 1 atom stereocenters. The molecule has 1 unspecified atom stereocenters. The first-order valence-electron chi connectivity index (χ1n) is 5.83. The first-order valence-corrected chi connectivity index (χ1v) is 7.38. The highest BCUT2D eigenvalue weighted by Gasteiger charge is 2.22. The van der Waals surface area contributed by atoms with E-state index in [1.165, 1.54) is 4.57 Å². The smallest absolute Gasteiger partial charge is 0.273 e. The van der Waals surface area contributed by atoms with Crippen molar-refractivity contribution in [2.24, 2.45) is 12.2 Å². The molecule has 0 aromatic carbocycles. The van der Waals surface area contributed by atoms with Crippen LogP contribution in [0.2, 0.25) is 0 Å². The van der Waals surface area contributed by atoms with E-state index in [1.807, 2.05) is 0 Å². The minimum absolute atomic E-state index is 0.164. The zero-order valence-corrected chi connectivity index (χ0v) is 11.4. The van der Waals surface area contributed by atoms with E-state index in [2.05, 4.69) is 24.0 Å². The Morgan fingerprint density at radius 1 is 1.35 bits per heavy atom. The molecule has 0 aliphatic carbocycles. The van der Waals surface area contributed by atoms with Gasteiger partial charge in [0.2, 0.25) is 0 Å². The van der Waals surface area contributed by atoms with Gasteiger partial charge in [-0.1, -0.05) is 26.7 Å². The molecule has 98 valence electrons. The second-order valence-electron chi connectivity index (χ2n) is 4.19. The third-order valence-corrected chi connectivity index (χ3v) is 3.75. The van der Waals surface area contributed by atoms with Crippen LogP contribution in [0.5, 0.6) is 0 Å². The fraction of sp³-hybridized carbons (Fsp3) is 0.800. The van der Waals surface area contributed by atoms with Crippen LogP contribution < -0.4 is 5.14 Å². The Bertz CT molecular complexity index is 467. The highest BCUT2D eigenvalue weighted by atomic mass is 32.2. The molecule has 17 heavy (non-hydrogen) atoms. The molecule has 2 N–H and O–H groups in total. The summed E-state index contributed by atoms with van der Waals surface area (Å²) in [5, 5.41) is 12.5. The Morgan fingerprint density at radius 2 is 2.00 bits per heavy atom. The SMILES string of the molecule is CCCCC(CC)c1nnc(S(N)(=O)=O)n1C. The predicted octanol–water partition coefficient (Wildman–Crippen LogP) is 1.15. The quantitative estimate of drug-likeness (QED) is 0.830. The molecule has 1 aromatic rings. The number of aromatic nitrogens is 3. The van der Waals surface area contributed by atoms with Crippen LogP contribution in [0.3, 0.4) is 0 Å². The normalized spacial score (nSPS) is 13.9. The van der Waals surface area contributed by atoms with E-state index >= 15 is 0 Å². The second kappa shape index (κ2) is 5.59. The number of primary sulfonamides is 1. The lowest BCUT2D eigenvalue weighted by molar-refractivity contribution is 0.517. The number of nitrogens with two attached hydrogens (primary N) is 1. The van der Waals surface area contributed by atoms with Gasteiger partial charge in [-0.3, -0.25) is 0 Å². The largest absolute Gasteiger partial charge is 0.304 e. The van der Waals surface area contributed by atoms with Crippen LogP contribution in [-0.4, -0.2) is 23.2 Å². The summed E-state index contributed by atoms with van der Waals surface area (Å²) in [6, 6.07) is 0. The second-order valence-corrected chi connectivity index (χ2v) is 5.65. The zero-order valence-electron chi connectivity index (χ0n) is 10.5. The maximum absolute atomic E-state index is 11.2. The minimum atomic E-state index is -3.79. The van der Waals surface area contributed by atoms with Crippen LogP contribution >= 0.6 is 0 Å². The number of rotatable bonds is 6. The number of hydrogen-bond donors (Lipinski definition) is 1. The molecule has 0 fully saturated rings. The van der Waals surface area contributed by atoms with Gasteiger partial charge >= 0.3 is 0 Å². The molecule has 6 nitrogen and oxygen atoms in total. The Balaban J connectivity index is 3.02. The molecule has 0 saturated heterocycles. The molecule has 1 rings (SSSR count). The molecular weight excluding hydrogens is 240 g/mol. The average molecular weight is 260 g/mol. The fourth-order valence-electron chi connectivity index (χ4n) is 1.90. The van der Waals surface area contributed by atoms with Gasteiger partial charge in [0, 0.05) is 13.0 Å². The van der Waals surface area contributed by atoms with E-state index in [0.29, 0.717) is 5.82 Å². The van der Waals surface area contributed by atoms with Crippen molar-refractivity contribution in [3.63, 3.8) is 0 Å². The van der Waals surface area contributed by atoms with Crippen LogP contribution in [-0.2, 0) is 17.1 Å². The Labute approximate surface area is 102 Å². The van der Waals surface area contributed by atoms with Crippen LogP contribution in [0.1, 0.15) is 51.3 Å². The van der Waals surface area contributed by atoms with Gasteiger partial charge < -0.3 is 4.57 Å². The molecule has 7 heteroatoms. The molecule has 0 aliphatic rings. The van der Waals surface area contributed by atoms with Gasteiger partial charge in [-0.25, -0.2) is 13.6 Å². The first-order chi connectivity index (χ1) is 7.91. The molecule has 0 aliphatic heterocycles. The lowest BCUT2D eigenvalue weighted by Gasteiger charge is -2.13. The summed E-state index contributed by atoms with van der Waals surface area (Å²) in [5.74, 6) is 0.938. The summed E-state index contributed by atoms with van der Waals surface area (Å²) in [6.07, 6.45) is 4.10. The minimum Gasteiger partial charge on any atom is -0.304 e. The van der Waals surface area contributed by atoms with Crippen LogP contribution in [0.25, 0.3) is 0 Å². The van der Waals surface area contributed by atoms with E-state index in [4.69, 9.17) is 5.14 Å². The van der Waals surface area contributed by atoms with Crippen molar-refractivity contribution in [3.8, 4) is 0 Å². The van der Waals surface area contributed by atoms with Crippen molar-refractivity contribution in [2.45, 2.75) is 50.6 Å². The van der Waals surface area contributed by atoms with Gasteiger partial charge in [0.25, 0.3) is 15.2 Å². The highest BCUT2D eigenvalue weighted by Crippen LogP contribution is 2.24. The molecule has 1 heterocycles. The van der Waals surface area contributed by atoms with Crippen LogP contribution in [0.4, 0.5) is 0 Å². The molecule has 0 saturated carbocycles. The van der Waals surface area contributed by atoms with Gasteiger partial charge in [-0.2, -0.15) is 0 Å². The summed E-state index contributed by atoms with van der Waals surface area (Å²) in [5.41, 5.74) is 0. The molecule has 0 spiro atoms. The predicted molar refractivity (Wildman–Crippen MR) is 64.9 cm³/mol. The van der Waals surface area contributed by atoms with Crippen molar-refractivity contribution in [1.29, 1.82) is 0 Å². The van der Waals surface area contributed by atoms with Gasteiger partial charge in [-0.05, 0) is 12.8 Å². The van der Waals surface area contributed by atoms with Crippen molar-refractivity contribution in [2.75, 3.05) is 0 Å². The van der Waals surface area contributed by atoms with E-state index in [1.54, 1.807) is 7.05 Å². The van der Waals surface area contributed by atoms with E-state index < -0.39 is 10.0 Å². The van der Waals surface area contributed by atoms with Crippen LogP contribution in [0, 0.1) is 0 Å². The topological polar surface area (TPSA) is 90.9 Å². The summed E-state index contributed by atoms with van der Waals surface area (Å²) in [6.45, 7) is 4.19. The van der Waals surface area contributed by atoms with E-state index in [9.17, 15) is 8.42 Å². The van der Waals surface area contributed by atoms with Gasteiger partial charge in [-0.15, -0.1) is 10.2 Å². The Kier molecular flexibility index (Phi) is 4.64. The number of hydrogen-bond acceptors (Lipinski definition) is 4. The molecule has 1 aromatic heterocycles. The lowest BCUT2D eigenvalue weighted by Crippen LogP contribution is -2.18. The van der Waals surface area contributed by atoms with Crippen molar-refractivity contribution in [1.82, 2.24) is 14.8 Å². The van der Waals surface area contributed by atoms with Gasteiger partial charge in [0.1, 0.15) is 5.82 Å². The first kappa shape index (κ1) is 14.1. The third-order valence-electron chi connectivity index (χ3n) is 2.89. The third kappa shape index (κ3) is 3.26. The van der Waals surface area contributed by atoms with Gasteiger partial charge in [0.15, 0.2) is 0 Å². The molecule has 0 radical (unpaired) electrons. The summed E-state index contributed by atoms with van der Waals surface area (Å²) in [7, 11) is -2.14. The van der Waals surface area contributed by atoms with Crippen LogP contribution in [0.15, 0.2) is 5.16 Å². The Hall–Kier alpha value is -0.950. The van der Waals surface area contributed by atoms with E-state index in [0.717, 1.165) is 25.7 Å². The zero-order chi connectivity index (χ0) is 13.1. The van der Waals surface area contributed by atoms with Crippen molar-refractivity contribution < 1.29 is 8.42 Å². The summed E-state index contributed by atoms with van der Waals surface area (Å²) in [4.78, 5) is 0. The molecular formula is C10H20N4O2S. The molecule has 0 amide bonds. The maximum Gasteiger partial charge on any atom is 0.273 e. The lowest BCUT2D eigenvalue weighted by atomic mass is 9.99. The average Bonchev–Trinajstić information content (AvgIpc) is 2.62.